The third kappa shape index (κ3) is 3.19. The Balaban J connectivity index is 2.10. The molecule has 1 aromatic carbocycles. The average molecular weight is 284 g/mol. The highest BCUT2D eigenvalue weighted by molar-refractivity contribution is 7.88. The van der Waals surface area contributed by atoms with Crippen LogP contribution in [0.25, 0.3) is 0 Å². The lowest BCUT2D eigenvalue weighted by Gasteiger charge is -2.30. The maximum atomic E-state index is 11.5. The lowest BCUT2D eigenvalue weighted by molar-refractivity contribution is 0.321. The highest BCUT2D eigenvalue weighted by atomic mass is 32.2. The second-order valence-corrected chi connectivity index (χ2v) is 6.92. The normalized spacial score (nSPS) is 18.4. The van der Waals surface area contributed by atoms with Gasteiger partial charge in [-0.15, -0.1) is 0 Å². The van der Waals surface area contributed by atoms with Crippen molar-refractivity contribution in [3.05, 3.63) is 23.8 Å². The van der Waals surface area contributed by atoms with Gasteiger partial charge in [0, 0.05) is 13.1 Å². The van der Waals surface area contributed by atoms with E-state index in [2.05, 4.69) is 0 Å². The molecule has 2 N–H and O–H groups in total. The molecule has 6 heteroatoms. The van der Waals surface area contributed by atoms with Crippen molar-refractivity contribution in [2.45, 2.75) is 18.8 Å². The van der Waals surface area contributed by atoms with Gasteiger partial charge in [0.25, 0.3) is 0 Å². The van der Waals surface area contributed by atoms with Gasteiger partial charge in [0.2, 0.25) is 10.0 Å². The van der Waals surface area contributed by atoms with Crippen molar-refractivity contribution in [3.63, 3.8) is 0 Å². The number of methoxy groups -OCH3 is 1. The summed E-state index contributed by atoms with van der Waals surface area (Å²) < 4.78 is 29.7. The molecule has 0 bridgehead atoms. The van der Waals surface area contributed by atoms with Crippen molar-refractivity contribution in [2.24, 2.45) is 0 Å². The van der Waals surface area contributed by atoms with Gasteiger partial charge in [-0.25, -0.2) is 12.7 Å². The number of nitrogens with zero attached hydrogens (tertiary/aromatic N) is 1. The molecule has 1 heterocycles. The minimum Gasteiger partial charge on any atom is -0.495 e. The van der Waals surface area contributed by atoms with Crippen LogP contribution in [0.4, 0.5) is 5.69 Å². The summed E-state index contributed by atoms with van der Waals surface area (Å²) in [6.45, 7) is 1.16. The second-order valence-electron chi connectivity index (χ2n) is 4.94. The second kappa shape index (κ2) is 5.38. The molecule has 0 saturated carbocycles. The number of hydrogen-bond donors (Lipinski definition) is 1. The lowest BCUT2D eigenvalue weighted by atomic mass is 9.90. The van der Waals surface area contributed by atoms with Crippen LogP contribution in [0, 0.1) is 0 Å². The molecular formula is C13H20N2O3S. The number of nitrogen functional groups attached to an aromatic ring is 1. The summed E-state index contributed by atoms with van der Waals surface area (Å²) in [4.78, 5) is 0. The highest BCUT2D eigenvalue weighted by Crippen LogP contribution is 2.33. The van der Waals surface area contributed by atoms with Crippen molar-refractivity contribution in [3.8, 4) is 5.75 Å². The van der Waals surface area contributed by atoms with Crippen molar-refractivity contribution in [2.75, 3.05) is 32.2 Å². The maximum Gasteiger partial charge on any atom is 0.211 e. The molecule has 5 nitrogen and oxygen atoms in total. The van der Waals surface area contributed by atoms with E-state index in [0.29, 0.717) is 30.4 Å². The fourth-order valence-corrected chi connectivity index (χ4v) is 3.38. The van der Waals surface area contributed by atoms with Gasteiger partial charge in [0.1, 0.15) is 5.75 Å². The molecule has 0 radical (unpaired) electrons. The number of piperidine rings is 1. The van der Waals surface area contributed by atoms with Crippen LogP contribution in [-0.4, -0.2) is 39.2 Å². The molecule has 1 aliphatic heterocycles. The smallest absolute Gasteiger partial charge is 0.211 e. The Morgan fingerprint density at radius 1 is 1.32 bits per heavy atom. The van der Waals surface area contributed by atoms with E-state index in [1.807, 2.05) is 18.2 Å². The molecule has 19 heavy (non-hydrogen) atoms. The Hall–Kier alpha value is -1.27. The van der Waals surface area contributed by atoms with Crippen LogP contribution in [0.3, 0.4) is 0 Å². The zero-order chi connectivity index (χ0) is 14.0. The SMILES string of the molecule is COc1cc(C2CCN(S(C)(=O)=O)CC2)ccc1N. The van der Waals surface area contributed by atoms with Crippen LogP contribution in [0.15, 0.2) is 18.2 Å². The van der Waals surface area contributed by atoms with Crippen molar-refractivity contribution in [1.29, 1.82) is 0 Å². The number of ether oxygens (including phenoxy) is 1. The Kier molecular flexibility index (Phi) is 4.01. The largest absolute Gasteiger partial charge is 0.495 e. The number of sulfonamides is 1. The molecule has 0 aromatic heterocycles. The van der Waals surface area contributed by atoms with E-state index >= 15 is 0 Å². The van der Waals surface area contributed by atoms with Crippen LogP contribution in [0.2, 0.25) is 0 Å². The van der Waals surface area contributed by atoms with Crippen molar-refractivity contribution < 1.29 is 13.2 Å². The van der Waals surface area contributed by atoms with Crippen molar-refractivity contribution in [1.82, 2.24) is 4.31 Å². The average Bonchev–Trinajstić information content (AvgIpc) is 2.38. The number of anilines is 1. The molecule has 1 fully saturated rings. The molecule has 0 spiro atoms. The van der Waals surface area contributed by atoms with Gasteiger partial charge in [0.05, 0.1) is 19.1 Å². The number of nitrogens with two attached hydrogens (primary N) is 1. The number of rotatable bonds is 3. The Labute approximate surface area is 114 Å². The minimum absolute atomic E-state index is 0.368. The van der Waals surface area contributed by atoms with Gasteiger partial charge in [0.15, 0.2) is 0 Å². The number of hydrogen-bond acceptors (Lipinski definition) is 4. The predicted molar refractivity (Wildman–Crippen MR) is 75.8 cm³/mol. The number of benzene rings is 1. The molecule has 0 aliphatic carbocycles. The summed E-state index contributed by atoms with van der Waals surface area (Å²) in [5, 5.41) is 0. The van der Waals surface area contributed by atoms with E-state index in [1.54, 1.807) is 7.11 Å². The fraction of sp³-hybridized carbons (Fsp3) is 0.538. The van der Waals surface area contributed by atoms with E-state index < -0.39 is 10.0 Å². The van der Waals surface area contributed by atoms with Gasteiger partial charge in [-0.1, -0.05) is 6.07 Å². The Morgan fingerprint density at radius 3 is 2.47 bits per heavy atom. The zero-order valence-corrected chi connectivity index (χ0v) is 12.1. The first-order valence-corrected chi connectivity index (χ1v) is 8.15. The first kappa shape index (κ1) is 14.1. The quantitative estimate of drug-likeness (QED) is 0.852. The van der Waals surface area contributed by atoms with E-state index in [4.69, 9.17) is 10.5 Å². The Morgan fingerprint density at radius 2 is 1.95 bits per heavy atom. The standard InChI is InChI=1S/C13H20N2O3S/c1-18-13-9-11(3-4-12(13)14)10-5-7-15(8-6-10)19(2,16)17/h3-4,9-10H,5-8,14H2,1-2H3. The van der Waals surface area contributed by atoms with Crippen LogP contribution in [0.1, 0.15) is 24.3 Å². The van der Waals surface area contributed by atoms with Gasteiger partial charge in [-0.2, -0.15) is 0 Å². The first-order valence-electron chi connectivity index (χ1n) is 6.30. The molecule has 106 valence electrons. The molecule has 1 saturated heterocycles. The van der Waals surface area contributed by atoms with Crippen LogP contribution < -0.4 is 10.5 Å². The van der Waals surface area contributed by atoms with Crippen molar-refractivity contribution >= 4 is 15.7 Å². The van der Waals surface area contributed by atoms with Crippen LogP contribution in [0.5, 0.6) is 5.75 Å². The van der Waals surface area contributed by atoms with E-state index in [9.17, 15) is 8.42 Å². The summed E-state index contributed by atoms with van der Waals surface area (Å²) in [6, 6.07) is 5.80. The van der Waals surface area contributed by atoms with Crippen LogP contribution in [-0.2, 0) is 10.0 Å². The summed E-state index contributed by atoms with van der Waals surface area (Å²) in [5.41, 5.74) is 7.59. The Bertz CT molecular complexity index is 549. The third-order valence-electron chi connectivity index (χ3n) is 3.65. The molecule has 2 rings (SSSR count). The van der Waals surface area contributed by atoms with E-state index in [0.717, 1.165) is 12.8 Å². The van der Waals surface area contributed by atoms with E-state index in [-0.39, 0.29) is 0 Å². The van der Waals surface area contributed by atoms with Gasteiger partial charge < -0.3 is 10.5 Å². The summed E-state index contributed by atoms with van der Waals surface area (Å²) >= 11 is 0. The monoisotopic (exact) mass is 284 g/mol. The van der Waals surface area contributed by atoms with Crippen LogP contribution >= 0.6 is 0 Å². The topological polar surface area (TPSA) is 72.6 Å². The third-order valence-corrected chi connectivity index (χ3v) is 4.96. The molecule has 0 amide bonds. The summed E-state index contributed by atoms with van der Waals surface area (Å²) in [5.74, 6) is 1.05. The highest BCUT2D eigenvalue weighted by Gasteiger charge is 2.26. The maximum absolute atomic E-state index is 11.5. The van der Waals surface area contributed by atoms with Gasteiger partial charge >= 0.3 is 0 Å². The van der Waals surface area contributed by atoms with Gasteiger partial charge in [-0.3, -0.25) is 0 Å². The summed E-state index contributed by atoms with van der Waals surface area (Å²) in [6.07, 6.45) is 2.93. The molecule has 1 aromatic rings. The predicted octanol–water partition coefficient (Wildman–Crippen LogP) is 1.42. The summed E-state index contributed by atoms with van der Waals surface area (Å²) in [7, 11) is -1.46. The van der Waals surface area contributed by atoms with Gasteiger partial charge in [-0.05, 0) is 36.5 Å². The van der Waals surface area contributed by atoms with E-state index in [1.165, 1.54) is 16.1 Å². The fourth-order valence-electron chi connectivity index (χ4n) is 2.50. The molecule has 0 atom stereocenters. The minimum atomic E-state index is -3.06. The zero-order valence-electron chi connectivity index (χ0n) is 11.3. The lowest BCUT2D eigenvalue weighted by Crippen LogP contribution is -2.37. The molecule has 1 aliphatic rings. The first-order chi connectivity index (χ1) is 8.91. The molecule has 0 unspecified atom stereocenters. The molecular weight excluding hydrogens is 264 g/mol.